The van der Waals surface area contributed by atoms with Gasteiger partial charge >= 0.3 is 0 Å². The van der Waals surface area contributed by atoms with E-state index in [-0.39, 0.29) is 11.9 Å². The summed E-state index contributed by atoms with van der Waals surface area (Å²) in [5.74, 6) is 0.949. The lowest BCUT2D eigenvalue weighted by Gasteiger charge is -2.29. The molecule has 1 saturated heterocycles. The van der Waals surface area contributed by atoms with E-state index in [9.17, 15) is 9.90 Å². The number of carbonyl (C=O) groups is 1. The molecule has 0 bridgehead atoms. The summed E-state index contributed by atoms with van der Waals surface area (Å²) in [6.07, 6.45) is 2.02. The summed E-state index contributed by atoms with van der Waals surface area (Å²) in [6.45, 7) is 5.11. The largest absolute Gasteiger partial charge is 0.497 e. The highest BCUT2D eigenvalue weighted by Crippen LogP contribution is 2.32. The first-order chi connectivity index (χ1) is 10.8. The van der Waals surface area contributed by atoms with Gasteiger partial charge in [0.15, 0.2) is 0 Å². The smallest absolute Gasteiger partial charge is 0.237 e. The van der Waals surface area contributed by atoms with Crippen molar-refractivity contribution in [1.29, 1.82) is 0 Å². The Kier molecular flexibility index (Phi) is 5.65. The number of likely N-dealkylation sites (N-methyl/N-ethyl adjacent to an activating group) is 1. The molecule has 5 nitrogen and oxygen atoms in total. The molecular formula is C18H28N2O3. The summed E-state index contributed by atoms with van der Waals surface area (Å²) in [5.41, 5.74) is 0.358. The number of likely N-dealkylation sites (tertiary alicyclic amines) is 1. The normalized spacial score (nSPS) is 18.5. The van der Waals surface area contributed by atoms with Gasteiger partial charge in [0.2, 0.25) is 5.91 Å². The van der Waals surface area contributed by atoms with Crippen LogP contribution in [0.1, 0.15) is 38.3 Å². The Balaban J connectivity index is 2.01. The van der Waals surface area contributed by atoms with Crippen LogP contribution >= 0.6 is 0 Å². The van der Waals surface area contributed by atoms with Gasteiger partial charge in [-0.2, -0.15) is 0 Å². The van der Waals surface area contributed by atoms with Crippen LogP contribution in [0.3, 0.4) is 0 Å². The summed E-state index contributed by atoms with van der Waals surface area (Å²) in [4.78, 5) is 16.5. The molecule has 0 saturated carbocycles. The minimum absolute atomic E-state index is 0.120. The Labute approximate surface area is 138 Å². The van der Waals surface area contributed by atoms with Crippen LogP contribution in [0.2, 0.25) is 0 Å². The fourth-order valence-electron chi connectivity index (χ4n) is 3.28. The van der Waals surface area contributed by atoms with Crippen molar-refractivity contribution < 1.29 is 14.6 Å². The predicted molar refractivity (Wildman–Crippen MR) is 90.5 cm³/mol. The van der Waals surface area contributed by atoms with Crippen LogP contribution in [0, 0.1) is 0 Å². The highest BCUT2D eigenvalue weighted by molar-refractivity contribution is 5.79. The first kappa shape index (κ1) is 17.8. The van der Waals surface area contributed by atoms with E-state index in [1.807, 2.05) is 41.1 Å². The second kappa shape index (κ2) is 7.32. The van der Waals surface area contributed by atoms with Crippen molar-refractivity contribution in [2.75, 3.05) is 33.8 Å². The second-order valence-electron chi connectivity index (χ2n) is 7.00. The molecule has 128 valence electrons. The Morgan fingerprint density at radius 1 is 1.39 bits per heavy atom. The Morgan fingerprint density at radius 3 is 2.61 bits per heavy atom. The number of hydrogen-bond acceptors (Lipinski definition) is 4. The molecule has 1 aromatic rings. The number of aliphatic hydroxyl groups is 1. The van der Waals surface area contributed by atoms with Crippen molar-refractivity contribution in [3.8, 4) is 5.75 Å². The third kappa shape index (κ3) is 4.94. The molecule has 1 atom stereocenters. The van der Waals surface area contributed by atoms with Crippen LogP contribution in [0.4, 0.5) is 0 Å². The Bertz CT molecular complexity index is 522. The summed E-state index contributed by atoms with van der Waals surface area (Å²) in [7, 11) is 3.52. The van der Waals surface area contributed by atoms with Crippen molar-refractivity contribution in [2.24, 2.45) is 0 Å². The average Bonchev–Trinajstić information content (AvgIpc) is 2.94. The number of carbonyl (C=O) groups excluding carboxylic acids is 1. The zero-order chi connectivity index (χ0) is 17.0. The molecule has 2 rings (SSSR count). The van der Waals surface area contributed by atoms with Gasteiger partial charge in [-0.15, -0.1) is 0 Å². The van der Waals surface area contributed by atoms with Gasteiger partial charge in [-0.05, 0) is 51.4 Å². The van der Waals surface area contributed by atoms with Crippen LogP contribution in [0.5, 0.6) is 5.75 Å². The Hall–Kier alpha value is -1.59. The number of methoxy groups -OCH3 is 1. The number of hydrogen-bond donors (Lipinski definition) is 1. The number of nitrogens with zero attached hydrogens (tertiary/aromatic N) is 2. The molecule has 0 aliphatic carbocycles. The fraction of sp³-hybridized carbons (Fsp3) is 0.611. The van der Waals surface area contributed by atoms with Gasteiger partial charge in [-0.1, -0.05) is 12.1 Å². The van der Waals surface area contributed by atoms with E-state index in [0.717, 1.165) is 30.7 Å². The molecule has 23 heavy (non-hydrogen) atoms. The molecule has 1 N–H and O–H groups in total. The predicted octanol–water partition coefficient (Wildman–Crippen LogP) is 2.06. The number of benzene rings is 1. The molecule has 0 spiro atoms. The fourth-order valence-corrected chi connectivity index (χ4v) is 3.28. The summed E-state index contributed by atoms with van der Waals surface area (Å²) in [5, 5.41) is 9.87. The summed E-state index contributed by atoms with van der Waals surface area (Å²) >= 11 is 0. The molecule has 1 aliphatic heterocycles. The lowest BCUT2D eigenvalue weighted by atomic mass is 10.0. The van der Waals surface area contributed by atoms with Crippen LogP contribution in [-0.4, -0.2) is 60.2 Å². The van der Waals surface area contributed by atoms with E-state index >= 15 is 0 Å². The maximum Gasteiger partial charge on any atom is 0.237 e. The van der Waals surface area contributed by atoms with E-state index in [2.05, 4.69) is 0 Å². The number of amides is 1. The second-order valence-corrected chi connectivity index (χ2v) is 7.00. The molecule has 0 aromatic heterocycles. The molecule has 5 heteroatoms. The van der Waals surface area contributed by atoms with E-state index in [1.54, 1.807) is 21.0 Å². The lowest BCUT2D eigenvalue weighted by Crippen LogP contribution is -2.43. The SMILES string of the molecule is COc1ccc(C2CCCN2C(=O)CN(C)CC(C)(C)O)cc1. The van der Waals surface area contributed by atoms with E-state index in [4.69, 9.17) is 4.74 Å². The minimum atomic E-state index is -0.796. The molecule has 1 unspecified atom stereocenters. The van der Waals surface area contributed by atoms with Crippen LogP contribution in [0.25, 0.3) is 0 Å². The molecule has 1 heterocycles. The molecule has 1 aromatic carbocycles. The van der Waals surface area contributed by atoms with Gasteiger partial charge < -0.3 is 14.7 Å². The maximum absolute atomic E-state index is 12.6. The third-order valence-electron chi connectivity index (χ3n) is 4.14. The zero-order valence-electron chi connectivity index (χ0n) is 14.6. The highest BCUT2D eigenvalue weighted by Gasteiger charge is 2.30. The molecule has 1 fully saturated rings. The van der Waals surface area contributed by atoms with Crippen LogP contribution < -0.4 is 4.74 Å². The Morgan fingerprint density at radius 2 is 2.04 bits per heavy atom. The zero-order valence-corrected chi connectivity index (χ0v) is 14.6. The lowest BCUT2D eigenvalue weighted by molar-refractivity contribution is -0.133. The van der Waals surface area contributed by atoms with Crippen LogP contribution in [-0.2, 0) is 4.79 Å². The van der Waals surface area contributed by atoms with Gasteiger partial charge in [0.1, 0.15) is 5.75 Å². The molecular weight excluding hydrogens is 292 g/mol. The van der Waals surface area contributed by atoms with E-state index in [1.165, 1.54) is 0 Å². The van der Waals surface area contributed by atoms with Crippen molar-refractivity contribution in [3.05, 3.63) is 29.8 Å². The standard InChI is InChI=1S/C18H28N2O3/c1-18(2,22)13-19(3)12-17(21)20-11-5-6-16(20)14-7-9-15(23-4)10-8-14/h7-10,16,22H,5-6,11-13H2,1-4H3. The summed E-state index contributed by atoms with van der Waals surface area (Å²) < 4.78 is 5.19. The quantitative estimate of drug-likeness (QED) is 0.872. The summed E-state index contributed by atoms with van der Waals surface area (Å²) in [6, 6.07) is 8.10. The highest BCUT2D eigenvalue weighted by atomic mass is 16.5. The van der Waals surface area contributed by atoms with Gasteiger partial charge in [0.25, 0.3) is 0 Å². The first-order valence-electron chi connectivity index (χ1n) is 8.14. The first-order valence-corrected chi connectivity index (χ1v) is 8.14. The minimum Gasteiger partial charge on any atom is -0.497 e. The van der Waals surface area contributed by atoms with Crippen molar-refractivity contribution >= 4 is 5.91 Å². The van der Waals surface area contributed by atoms with Gasteiger partial charge in [-0.25, -0.2) is 0 Å². The maximum atomic E-state index is 12.6. The van der Waals surface area contributed by atoms with Crippen LogP contribution in [0.15, 0.2) is 24.3 Å². The van der Waals surface area contributed by atoms with E-state index < -0.39 is 5.60 Å². The molecule has 1 aliphatic rings. The third-order valence-corrected chi connectivity index (χ3v) is 4.14. The van der Waals surface area contributed by atoms with Crippen molar-refractivity contribution in [1.82, 2.24) is 9.80 Å². The van der Waals surface area contributed by atoms with Gasteiger partial charge in [0, 0.05) is 13.1 Å². The molecule has 1 amide bonds. The number of rotatable bonds is 6. The average molecular weight is 320 g/mol. The monoisotopic (exact) mass is 320 g/mol. The van der Waals surface area contributed by atoms with Crippen molar-refractivity contribution in [3.63, 3.8) is 0 Å². The van der Waals surface area contributed by atoms with Crippen molar-refractivity contribution in [2.45, 2.75) is 38.3 Å². The topological polar surface area (TPSA) is 53.0 Å². The number of ether oxygens (including phenoxy) is 1. The van der Waals surface area contributed by atoms with Gasteiger partial charge in [0.05, 0.1) is 25.3 Å². The molecule has 0 radical (unpaired) electrons. The van der Waals surface area contributed by atoms with E-state index in [0.29, 0.717) is 13.1 Å². The van der Waals surface area contributed by atoms with Gasteiger partial charge in [-0.3, -0.25) is 9.69 Å².